The number of carbonyl (C=O) groups excluding carboxylic acids is 1. The van der Waals surface area contributed by atoms with Gasteiger partial charge in [0.15, 0.2) is 18.1 Å². The molecule has 0 fully saturated rings. The first-order chi connectivity index (χ1) is 14.4. The van der Waals surface area contributed by atoms with Gasteiger partial charge in [-0.3, -0.25) is 4.79 Å². The van der Waals surface area contributed by atoms with Crippen LogP contribution in [0, 0.1) is 0 Å². The molecule has 0 amide bonds. The third-order valence-corrected chi connectivity index (χ3v) is 4.46. The molecule has 1 N–H and O–H groups in total. The van der Waals surface area contributed by atoms with Gasteiger partial charge in [-0.05, 0) is 31.2 Å². The lowest BCUT2D eigenvalue weighted by Gasteiger charge is -2.13. The van der Waals surface area contributed by atoms with Crippen LogP contribution in [-0.2, 0) is 9.53 Å². The highest BCUT2D eigenvalue weighted by molar-refractivity contribution is 9.10. The van der Waals surface area contributed by atoms with Gasteiger partial charge in [-0.25, -0.2) is 9.59 Å². The molecule has 9 nitrogen and oxygen atoms in total. The predicted molar refractivity (Wildman–Crippen MR) is 115 cm³/mol. The van der Waals surface area contributed by atoms with Gasteiger partial charge in [-0.2, -0.15) is 5.10 Å². The van der Waals surface area contributed by atoms with E-state index in [-0.39, 0.29) is 19.0 Å². The molecule has 1 aromatic heterocycles. The van der Waals surface area contributed by atoms with E-state index in [1.807, 2.05) is 0 Å². The quantitative estimate of drug-likeness (QED) is 0.414. The van der Waals surface area contributed by atoms with Gasteiger partial charge in [0.05, 0.1) is 30.8 Å². The molecule has 30 heavy (non-hydrogen) atoms. The van der Waals surface area contributed by atoms with Crippen LogP contribution in [-0.4, -0.2) is 42.2 Å². The molecule has 3 aromatic rings. The van der Waals surface area contributed by atoms with Crippen molar-refractivity contribution in [1.29, 1.82) is 0 Å². The second-order valence-corrected chi connectivity index (χ2v) is 6.87. The second kappa shape index (κ2) is 9.40. The maximum Gasteiger partial charge on any atom is 0.349 e. The molecular weight excluding hydrogens is 458 g/mol. The largest absolute Gasteiger partial charge is 0.493 e. The van der Waals surface area contributed by atoms with E-state index in [1.54, 1.807) is 43.3 Å². The molecule has 0 aliphatic heterocycles. The number of aromatic amines is 1. The van der Waals surface area contributed by atoms with E-state index < -0.39 is 17.2 Å². The van der Waals surface area contributed by atoms with Gasteiger partial charge in [-0.15, -0.1) is 4.68 Å². The Bertz CT molecular complexity index is 1230. The van der Waals surface area contributed by atoms with Gasteiger partial charge < -0.3 is 19.2 Å². The molecule has 0 atom stereocenters. The van der Waals surface area contributed by atoms with Crippen molar-refractivity contribution < 1.29 is 19.0 Å². The first-order valence-electron chi connectivity index (χ1n) is 8.89. The Morgan fingerprint density at radius 2 is 2.03 bits per heavy atom. The Hall–Kier alpha value is -3.40. The van der Waals surface area contributed by atoms with E-state index in [4.69, 9.17) is 14.2 Å². The minimum absolute atomic E-state index is 0.211. The van der Waals surface area contributed by atoms with E-state index in [9.17, 15) is 14.4 Å². The maximum absolute atomic E-state index is 12.6. The van der Waals surface area contributed by atoms with Crippen molar-refractivity contribution in [3.63, 3.8) is 0 Å². The summed E-state index contributed by atoms with van der Waals surface area (Å²) in [5, 5.41) is 4.35. The predicted octanol–water partition coefficient (Wildman–Crippen LogP) is 2.29. The Balaban J connectivity index is 2.04. The van der Waals surface area contributed by atoms with E-state index in [0.717, 1.165) is 0 Å². The minimum atomic E-state index is -0.689. The van der Waals surface area contributed by atoms with Crippen LogP contribution in [0.3, 0.4) is 0 Å². The van der Waals surface area contributed by atoms with Crippen molar-refractivity contribution in [1.82, 2.24) is 9.66 Å². The molecule has 2 aromatic carbocycles. The van der Waals surface area contributed by atoms with Crippen molar-refractivity contribution in [2.75, 3.05) is 20.3 Å². The minimum Gasteiger partial charge on any atom is -0.493 e. The van der Waals surface area contributed by atoms with Gasteiger partial charge in [-0.1, -0.05) is 28.1 Å². The first kappa shape index (κ1) is 21.3. The van der Waals surface area contributed by atoms with Crippen molar-refractivity contribution in [2.45, 2.75) is 6.92 Å². The highest BCUT2D eigenvalue weighted by Crippen LogP contribution is 2.34. The van der Waals surface area contributed by atoms with Gasteiger partial charge in [0, 0.05) is 10.0 Å². The van der Waals surface area contributed by atoms with Crippen LogP contribution in [0.25, 0.3) is 10.9 Å². The molecule has 1 heterocycles. The van der Waals surface area contributed by atoms with Crippen molar-refractivity contribution in [3.05, 3.63) is 67.3 Å². The Morgan fingerprint density at radius 3 is 2.77 bits per heavy atom. The molecule has 0 saturated carbocycles. The van der Waals surface area contributed by atoms with Crippen molar-refractivity contribution in [2.24, 2.45) is 5.10 Å². The van der Waals surface area contributed by atoms with E-state index >= 15 is 0 Å². The molecule has 0 spiro atoms. The number of hydrogen-bond donors (Lipinski definition) is 1. The third-order valence-electron chi connectivity index (χ3n) is 4.00. The summed E-state index contributed by atoms with van der Waals surface area (Å²) in [6.07, 6.45) is 1.28. The average molecular weight is 476 g/mol. The number of fused-ring (bicyclic) bond motifs is 1. The summed E-state index contributed by atoms with van der Waals surface area (Å²) in [6.45, 7) is 1.57. The molecular formula is C20H18BrN3O6. The molecule has 0 aliphatic rings. The van der Waals surface area contributed by atoms with Crippen LogP contribution in [0.1, 0.15) is 12.5 Å². The topological polar surface area (TPSA) is 112 Å². The monoisotopic (exact) mass is 475 g/mol. The Kier molecular flexibility index (Phi) is 6.68. The summed E-state index contributed by atoms with van der Waals surface area (Å²) >= 11 is 3.36. The zero-order valence-electron chi connectivity index (χ0n) is 16.2. The Morgan fingerprint density at radius 1 is 1.27 bits per heavy atom. The highest BCUT2D eigenvalue weighted by Gasteiger charge is 2.15. The fourth-order valence-corrected chi connectivity index (χ4v) is 3.16. The fraction of sp³-hybridized carbons (Fsp3) is 0.200. The zero-order valence-corrected chi connectivity index (χ0v) is 17.8. The number of benzene rings is 2. The summed E-state index contributed by atoms with van der Waals surface area (Å²) in [7, 11) is 1.44. The third kappa shape index (κ3) is 4.60. The van der Waals surface area contributed by atoms with Crippen LogP contribution >= 0.6 is 15.9 Å². The number of H-pyrrole nitrogens is 1. The van der Waals surface area contributed by atoms with Gasteiger partial charge in [0.2, 0.25) is 0 Å². The number of aromatic nitrogens is 2. The molecule has 156 valence electrons. The lowest BCUT2D eigenvalue weighted by Crippen LogP contribution is -2.32. The highest BCUT2D eigenvalue weighted by atomic mass is 79.9. The Labute approximate surface area is 179 Å². The fourth-order valence-electron chi connectivity index (χ4n) is 2.70. The van der Waals surface area contributed by atoms with E-state index in [0.29, 0.717) is 31.4 Å². The van der Waals surface area contributed by atoms with Crippen LogP contribution < -0.4 is 20.7 Å². The van der Waals surface area contributed by atoms with Crippen molar-refractivity contribution in [3.8, 4) is 11.5 Å². The molecule has 3 rings (SSSR count). The lowest BCUT2D eigenvalue weighted by molar-refractivity contribution is -0.145. The van der Waals surface area contributed by atoms with Gasteiger partial charge in [0.25, 0.3) is 5.56 Å². The van der Waals surface area contributed by atoms with Gasteiger partial charge in [0.1, 0.15) is 0 Å². The van der Waals surface area contributed by atoms with Gasteiger partial charge >= 0.3 is 11.7 Å². The zero-order chi connectivity index (χ0) is 21.7. The summed E-state index contributed by atoms with van der Waals surface area (Å²) < 4.78 is 17.1. The van der Waals surface area contributed by atoms with Crippen LogP contribution in [0.15, 0.2) is 55.6 Å². The number of rotatable bonds is 7. The van der Waals surface area contributed by atoms with Crippen LogP contribution in [0.2, 0.25) is 0 Å². The molecule has 10 heteroatoms. The number of ether oxygens (including phenoxy) is 3. The number of esters is 1. The molecule has 0 saturated heterocycles. The first-order valence-corrected chi connectivity index (χ1v) is 9.68. The summed E-state index contributed by atoms with van der Waals surface area (Å²) in [4.78, 5) is 39.2. The number of halogens is 1. The summed E-state index contributed by atoms with van der Waals surface area (Å²) in [5.41, 5.74) is -0.459. The maximum atomic E-state index is 12.6. The van der Waals surface area contributed by atoms with E-state index in [2.05, 4.69) is 26.0 Å². The number of methoxy groups -OCH3 is 1. The number of para-hydroxylation sites is 1. The number of nitrogens with one attached hydrogen (secondary N) is 1. The van der Waals surface area contributed by atoms with E-state index in [1.165, 1.54) is 13.3 Å². The molecule has 0 bridgehead atoms. The summed E-state index contributed by atoms with van der Waals surface area (Å²) in [5.74, 6) is -0.00906. The average Bonchev–Trinajstić information content (AvgIpc) is 2.72. The van der Waals surface area contributed by atoms with Crippen LogP contribution in [0.4, 0.5) is 0 Å². The van der Waals surface area contributed by atoms with Crippen molar-refractivity contribution >= 4 is 39.0 Å². The van der Waals surface area contributed by atoms with Crippen LogP contribution in [0.5, 0.6) is 11.5 Å². The molecule has 0 radical (unpaired) electrons. The normalized spacial score (nSPS) is 11.0. The second-order valence-electron chi connectivity index (χ2n) is 5.96. The smallest absolute Gasteiger partial charge is 0.349 e. The molecule has 0 aliphatic carbocycles. The molecule has 0 unspecified atom stereocenters. The number of carbonyl (C=O) groups is 1. The standard InChI is InChI=1S/C20H18BrN3O6/c1-3-29-17(25)11-30-18-12(8-13(21)9-16(18)28-2)10-22-24-19(26)14-6-4-5-7-15(14)23-20(24)27/h4-10H,3,11H2,1-2H3,(H,23,27). The summed E-state index contributed by atoms with van der Waals surface area (Å²) in [6, 6.07) is 9.92. The SMILES string of the molecule is CCOC(=O)COc1c(C=Nn2c(=O)[nH]c3ccccc3c2=O)cc(Br)cc1OC. The lowest BCUT2D eigenvalue weighted by atomic mass is 10.2. The number of nitrogens with zero attached hydrogens (tertiary/aromatic N) is 2. The number of hydrogen-bond acceptors (Lipinski definition) is 7.